The highest BCUT2D eigenvalue weighted by molar-refractivity contribution is 5.97. The summed E-state index contributed by atoms with van der Waals surface area (Å²) in [5.41, 5.74) is 5.51. The number of H-pyrrole nitrogens is 1. The van der Waals surface area contributed by atoms with E-state index < -0.39 is 0 Å². The average molecular weight is 437 g/mol. The summed E-state index contributed by atoms with van der Waals surface area (Å²) in [5.74, 6) is -0.00612. The normalized spacial score (nSPS) is 20.5. The van der Waals surface area contributed by atoms with Crippen LogP contribution in [-0.4, -0.2) is 28.2 Å². The first-order valence-corrected chi connectivity index (χ1v) is 11.9. The van der Waals surface area contributed by atoms with Gasteiger partial charge in [-0.1, -0.05) is 67.1 Å². The van der Waals surface area contributed by atoms with Gasteiger partial charge in [0, 0.05) is 17.6 Å². The second kappa shape index (κ2) is 8.49. The lowest BCUT2D eigenvalue weighted by Crippen LogP contribution is -2.29. The molecule has 33 heavy (non-hydrogen) atoms. The molecule has 2 atom stereocenters. The van der Waals surface area contributed by atoms with Crippen LogP contribution in [0.3, 0.4) is 0 Å². The summed E-state index contributed by atoms with van der Waals surface area (Å²) in [7, 11) is 0. The minimum atomic E-state index is -0.148. The van der Waals surface area contributed by atoms with Crippen molar-refractivity contribution < 1.29 is 0 Å². The number of hydrogen-bond acceptors (Lipinski definition) is 4. The van der Waals surface area contributed by atoms with E-state index >= 15 is 0 Å². The van der Waals surface area contributed by atoms with Crippen molar-refractivity contribution >= 4 is 16.5 Å². The fraction of sp³-hybridized carbons (Fsp3) is 0.286. The van der Waals surface area contributed by atoms with Crippen molar-refractivity contribution in [3.63, 3.8) is 0 Å². The Kier molecular flexibility index (Phi) is 5.19. The van der Waals surface area contributed by atoms with Gasteiger partial charge in [-0.3, -0.25) is 9.69 Å². The summed E-state index contributed by atoms with van der Waals surface area (Å²) in [6.45, 7) is 3.42. The van der Waals surface area contributed by atoms with Crippen LogP contribution in [-0.2, 0) is 6.54 Å². The number of benzene rings is 3. The van der Waals surface area contributed by atoms with Crippen LogP contribution in [0.1, 0.15) is 53.6 Å². The van der Waals surface area contributed by atoms with E-state index in [1.54, 1.807) is 0 Å². The molecule has 4 aromatic rings. The molecule has 2 N–H and O–H groups in total. The van der Waals surface area contributed by atoms with Gasteiger partial charge in [-0.2, -0.15) is 5.10 Å². The van der Waals surface area contributed by atoms with Crippen molar-refractivity contribution in [1.82, 2.24) is 15.1 Å². The largest absolute Gasteiger partial charge is 0.377 e. The van der Waals surface area contributed by atoms with E-state index in [1.165, 1.54) is 49.0 Å². The molecule has 3 aromatic carbocycles. The predicted molar refractivity (Wildman–Crippen MR) is 133 cm³/mol. The lowest BCUT2D eigenvalue weighted by Gasteiger charge is -2.35. The highest BCUT2D eigenvalue weighted by Gasteiger charge is 2.34. The van der Waals surface area contributed by atoms with Crippen LogP contribution in [0.25, 0.3) is 10.8 Å². The van der Waals surface area contributed by atoms with E-state index in [0.717, 1.165) is 23.3 Å². The van der Waals surface area contributed by atoms with Crippen molar-refractivity contribution in [3.05, 3.63) is 106 Å². The Labute approximate surface area is 193 Å². The average Bonchev–Trinajstić information content (AvgIpc) is 2.87. The Hall–Kier alpha value is -3.44. The van der Waals surface area contributed by atoms with Gasteiger partial charge in [0.2, 0.25) is 0 Å². The number of nitrogens with zero attached hydrogens (tertiary/aromatic N) is 2. The van der Waals surface area contributed by atoms with Gasteiger partial charge in [0.1, 0.15) is 0 Å². The third kappa shape index (κ3) is 3.72. The Morgan fingerprint density at radius 2 is 1.64 bits per heavy atom. The minimum Gasteiger partial charge on any atom is -0.377 e. The number of piperidine rings is 1. The number of aromatic nitrogens is 2. The minimum absolute atomic E-state index is 0.00612. The molecule has 166 valence electrons. The van der Waals surface area contributed by atoms with Crippen molar-refractivity contribution in [2.45, 2.75) is 37.8 Å². The molecule has 5 heteroatoms. The first kappa shape index (κ1) is 20.2. The molecule has 0 saturated carbocycles. The van der Waals surface area contributed by atoms with E-state index in [9.17, 15) is 4.79 Å². The van der Waals surface area contributed by atoms with Crippen LogP contribution < -0.4 is 10.9 Å². The van der Waals surface area contributed by atoms with Crippen molar-refractivity contribution in [3.8, 4) is 0 Å². The summed E-state index contributed by atoms with van der Waals surface area (Å²) in [5, 5.41) is 12.7. The molecular formula is C28H28N4O. The Morgan fingerprint density at radius 3 is 2.42 bits per heavy atom. The standard InChI is InChI=1S/C28H28N4O/c33-28-22-10-7-11-23-25(22)27(30-31-28)24(20-8-3-1-4-9-20)26(29-23)21-14-12-19(13-15-21)18-32-16-5-2-6-17-32/h1,3-4,7-15,24,26,29H,2,5-6,16-18H2,(H,31,33). The number of hydrogen-bond donors (Lipinski definition) is 2. The summed E-state index contributed by atoms with van der Waals surface area (Å²) < 4.78 is 0. The zero-order valence-corrected chi connectivity index (χ0v) is 18.6. The second-order valence-corrected chi connectivity index (χ2v) is 9.25. The molecule has 1 aromatic heterocycles. The van der Waals surface area contributed by atoms with Crippen molar-refractivity contribution in [1.29, 1.82) is 0 Å². The molecule has 0 amide bonds. The van der Waals surface area contributed by atoms with Crippen LogP contribution in [0.4, 0.5) is 5.69 Å². The zero-order valence-electron chi connectivity index (χ0n) is 18.6. The topological polar surface area (TPSA) is 61.0 Å². The number of aromatic amines is 1. The van der Waals surface area contributed by atoms with Gasteiger partial charge in [-0.15, -0.1) is 0 Å². The Balaban J connectivity index is 1.40. The fourth-order valence-corrected chi connectivity index (χ4v) is 5.49. The van der Waals surface area contributed by atoms with Crippen LogP contribution in [0, 0.1) is 0 Å². The number of nitrogens with one attached hydrogen (secondary N) is 2. The number of rotatable bonds is 4. The lowest BCUT2D eigenvalue weighted by molar-refractivity contribution is 0.221. The van der Waals surface area contributed by atoms with E-state index in [-0.39, 0.29) is 17.5 Å². The van der Waals surface area contributed by atoms with Gasteiger partial charge < -0.3 is 5.32 Å². The van der Waals surface area contributed by atoms with E-state index in [1.807, 2.05) is 24.3 Å². The molecule has 3 heterocycles. The molecule has 1 fully saturated rings. The van der Waals surface area contributed by atoms with Gasteiger partial charge in [-0.25, -0.2) is 5.10 Å². The van der Waals surface area contributed by atoms with Crippen LogP contribution in [0.2, 0.25) is 0 Å². The summed E-state index contributed by atoms with van der Waals surface area (Å²) in [4.78, 5) is 15.0. The third-order valence-corrected chi connectivity index (χ3v) is 7.13. The molecule has 1 saturated heterocycles. The molecule has 0 spiro atoms. The molecule has 0 radical (unpaired) electrons. The van der Waals surface area contributed by atoms with Gasteiger partial charge in [0.05, 0.1) is 23.0 Å². The summed E-state index contributed by atoms with van der Waals surface area (Å²) in [6, 6.07) is 25.4. The molecule has 6 rings (SSSR count). The van der Waals surface area contributed by atoms with E-state index in [2.05, 4.69) is 68.9 Å². The summed E-state index contributed by atoms with van der Waals surface area (Å²) >= 11 is 0. The predicted octanol–water partition coefficient (Wildman–Crippen LogP) is 5.21. The van der Waals surface area contributed by atoms with Gasteiger partial charge in [0.25, 0.3) is 5.56 Å². The highest BCUT2D eigenvalue weighted by atomic mass is 16.1. The number of likely N-dealkylation sites (tertiary alicyclic amines) is 1. The zero-order chi connectivity index (χ0) is 22.2. The molecule has 2 aliphatic heterocycles. The molecule has 2 aliphatic rings. The first-order valence-electron chi connectivity index (χ1n) is 11.9. The van der Waals surface area contributed by atoms with E-state index in [4.69, 9.17) is 0 Å². The molecule has 5 nitrogen and oxygen atoms in total. The Morgan fingerprint density at radius 1 is 0.848 bits per heavy atom. The van der Waals surface area contributed by atoms with Gasteiger partial charge in [0.15, 0.2) is 0 Å². The second-order valence-electron chi connectivity index (χ2n) is 9.25. The number of anilines is 1. The van der Waals surface area contributed by atoms with Crippen LogP contribution >= 0.6 is 0 Å². The molecule has 0 bridgehead atoms. The van der Waals surface area contributed by atoms with Crippen LogP contribution in [0.5, 0.6) is 0 Å². The SMILES string of the molecule is O=c1[nH]nc2c3c(cccc13)NC(c1ccc(CN3CCCCC3)cc1)C2c1ccccc1. The van der Waals surface area contributed by atoms with Crippen LogP contribution in [0.15, 0.2) is 77.6 Å². The van der Waals surface area contributed by atoms with Gasteiger partial charge in [-0.05, 0) is 54.8 Å². The molecular weight excluding hydrogens is 408 g/mol. The quantitative estimate of drug-likeness (QED) is 0.461. The maximum absolute atomic E-state index is 12.5. The first-order chi connectivity index (χ1) is 16.3. The monoisotopic (exact) mass is 436 g/mol. The fourth-order valence-electron chi connectivity index (χ4n) is 5.49. The van der Waals surface area contributed by atoms with Crippen molar-refractivity contribution in [2.24, 2.45) is 0 Å². The smallest absolute Gasteiger partial charge is 0.272 e. The van der Waals surface area contributed by atoms with Crippen molar-refractivity contribution in [2.75, 3.05) is 18.4 Å². The molecule has 2 unspecified atom stereocenters. The van der Waals surface area contributed by atoms with E-state index in [0.29, 0.717) is 5.39 Å². The lowest BCUT2D eigenvalue weighted by atomic mass is 9.80. The summed E-state index contributed by atoms with van der Waals surface area (Å²) in [6.07, 6.45) is 3.98. The maximum Gasteiger partial charge on any atom is 0.272 e. The molecule has 0 aliphatic carbocycles. The highest BCUT2D eigenvalue weighted by Crippen LogP contribution is 2.46. The maximum atomic E-state index is 12.5. The van der Waals surface area contributed by atoms with Gasteiger partial charge >= 0.3 is 0 Å². The third-order valence-electron chi connectivity index (χ3n) is 7.13. The Bertz CT molecular complexity index is 1320.